The molecule has 0 spiro atoms. The third-order valence-corrected chi connectivity index (χ3v) is 17.9. The van der Waals surface area contributed by atoms with E-state index in [0.29, 0.717) is 0 Å². The van der Waals surface area contributed by atoms with Crippen LogP contribution in [-0.4, -0.2) is 11.3 Å². The number of hydrogen-bond donors (Lipinski definition) is 0. The molecule has 13 aromatic rings. The number of unbranched alkanes of at least 4 members (excludes halogenated alkanes) is 1. The van der Waals surface area contributed by atoms with Crippen molar-refractivity contribution < 1.29 is 4.42 Å². The second-order valence-electron chi connectivity index (χ2n) is 25.1. The number of fused-ring (bicyclic) bond motifs is 10. The zero-order valence-electron chi connectivity index (χ0n) is 48.5. The van der Waals surface area contributed by atoms with Crippen molar-refractivity contribution in [3.8, 4) is 39.1 Å². The Bertz CT molecular complexity index is 4580. The summed E-state index contributed by atoms with van der Waals surface area (Å²) in [4.78, 5) is 5.39. The quantitative estimate of drug-likeness (QED) is 0.135. The summed E-state index contributed by atoms with van der Waals surface area (Å²) in [6.07, 6.45) is 3.08. The van der Waals surface area contributed by atoms with E-state index in [9.17, 15) is 0 Å². The number of para-hydroxylation sites is 3. The van der Waals surface area contributed by atoms with Crippen LogP contribution >= 0.6 is 0 Å². The summed E-state index contributed by atoms with van der Waals surface area (Å²) in [6.45, 7) is 16.3. The molecular formula is C78H66BN3O. The van der Waals surface area contributed by atoms with Crippen molar-refractivity contribution in [3.05, 3.63) is 253 Å². The Hall–Kier alpha value is -9.32. The zero-order chi connectivity index (χ0) is 56.3. The predicted octanol–water partition coefficient (Wildman–Crippen LogP) is 19.7. The van der Waals surface area contributed by atoms with Gasteiger partial charge in [0.05, 0.1) is 27.8 Å². The smallest absolute Gasteiger partial charge is 0.252 e. The van der Waals surface area contributed by atoms with Gasteiger partial charge in [-0.05, 0) is 146 Å². The van der Waals surface area contributed by atoms with E-state index < -0.39 is 0 Å². The monoisotopic (exact) mass is 1070 g/mol. The van der Waals surface area contributed by atoms with Crippen molar-refractivity contribution in [1.29, 1.82) is 0 Å². The summed E-state index contributed by atoms with van der Waals surface area (Å²) in [6, 6.07) is 89.1. The highest BCUT2D eigenvalue weighted by atomic mass is 16.3. The van der Waals surface area contributed by atoms with Crippen LogP contribution in [0.15, 0.2) is 241 Å². The predicted molar refractivity (Wildman–Crippen MR) is 354 cm³/mol. The molecule has 0 saturated carbocycles. The number of nitrogens with zero attached hydrogens (tertiary/aromatic N) is 3. The molecule has 11 aromatic carbocycles. The van der Waals surface area contributed by atoms with E-state index in [1.54, 1.807) is 0 Å². The Morgan fingerprint density at radius 1 is 0.410 bits per heavy atom. The standard InChI is InChI=1S/C78H66BN3O/c1-8-9-25-53-39-43-72-73(60-34-21-24-37-71(60)83-72)75(53)81-67-42-38-54(50-26-13-10-14-27-50)44-64(67)79-63-41-40-57(80-65-35-22-19-32-58(65)59-33-20-23-36-66(59)80)49-68(63)82(70-48-56(78(5,6)7)47-69(81)74(70)79)76-61(51-28-15-11-16-29-51)45-55(77(2,3)4)46-62(76)52-30-17-12-18-31-52/h10-24,26-49H,8-9,25H2,1-7H3. The van der Waals surface area contributed by atoms with Crippen LogP contribution in [0.2, 0.25) is 0 Å². The van der Waals surface area contributed by atoms with Gasteiger partial charge in [-0.25, -0.2) is 0 Å². The first-order chi connectivity index (χ1) is 40.4. The second-order valence-corrected chi connectivity index (χ2v) is 25.1. The average Bonchev–Trinajstić information content (AvgIpc) is 1.05. The van der Waals surface area contributed by atoms with E-state index >= 15 is 0 Å². The number of anilines is 6. The Balaban J connectivity index is 1.14. The summed E-state index contributed by atoms with van der Waals surface area (Å²) in [7, 11) is 0. The van der Waals surface area contributed by atoms with E-state index in [1.807, 2.05) is 0 Å². The minimum Gasteiger partial charge on any atom is -0.456 e. The third-order valence-electron chi connectivity index (χ3n) is 17.9. The van der Waals surface area contributed by atoms with Crippen molar-refractivity contribution in [3.63, 3.8) is 0 Å². The van der Waals surface area contributed by atoms with Crippen molar-refractivity contribution in [2.75, 3.05) is 9.80 Å². The van der Waals surface area contributed by atoms with E-state index in [0.717, 1.165) is 58.3 Å². The first kappa shape index (κ1) is 50.6. The lowest BCUT2D eigenvalue weighted by atomic mass is 9.33. The van der Waals surface area contributed by atoms with Crippen LogP contribution in [0.25, 0.3) is 82.8 Å². The first-order valence-corrected chi connectivity index (χ1v) is 29.8. The van der Waals surface area contributed by atoms with Gasteiger partial charge in [-0.15, -0.1) is 0 Å². The Labute approximate surface area is 488 Å². The normalized spacial score (nSPS) is 13.1. The average molecular weight is 1070 g/mol. The van der Waals surface area contributed by atoms with Gasteiger partial charge < -0.3 is 18.8 Å². The molecule has 0 saturated heterocycles. The van der Waals surface area contributed by atoms with E-state index in [2.05, 4.69) is 299 Å². The van der Waals surface area contributed by atoms with Gasteiger partial charge in [0.2, 0.25) is 0 Å². The van der Waals surface area contributed by atoms with Crippen LogP contribution < -0.4 is 26.2 Å². The number of aromatic nitrogens is 1. The lowest BCUT2D eigenvalue weighted by molar-refractivity contribution is 0.590. The van der Waals surface area contributed by atoms with Crippen LogP contribution in [-0.2, 0) is 17.3 Å². The lowest BCUT2D eigenvalue weighted by Crippen LogP contribution is -2.61. The zero-order valence-corrected chi connectivity index (χ0v) is 48.5. The SMILES string of the molecule is CCCCc1ccc2oc3ccccc3c2c1N1c2ccc(-c3ccccc3)cc2B2c3ccc(-n4c5ccccc5c5ccccc54)cc3N(c3c(-c4ccccc4)cc(C(C)(C)C)cc3-c3ccccc3)c3cc(C(C)(C)C)cc1c32. The van der Waals surface area contributed by atoms with E-state index in [1.165, 1.54) is 111 Å². The molecule has 0 bridgehead atoms. The highest BCUT2D eigenvalue weighted by Gasteiger charge is 2.46. The van der Waals surface area contributed by atoms with Crippen LogP contribution in [0.1, 0.15) is 78.0 Å². The molecule has 2 aliphatic heterocycles. The number of hydrogen-bond acceptors (Lipinski definition) is 3. The Kier molecular flexibility index (Phi) is 11.8. The number of furan rings is 1. The summed E-state index contributed by atoms with van der Waals surface area (Å²) in [5.41, 5.74) is 26.8. The summed E-state index contributed by atoms with van der Waals surface area (Å²) in [5.74, 6) is 0. The molecule has 402 valence electrons. The third kappa shape index (κ3) is 8.18. The molecule has 83 heavy (non-hydrogen) atoms. The van der Waals surface area contributed by atoms with Gasteiger partial charge in [0.15, 0.2) is 0 Å². The summed E-state index contributed by atoms with van der Waals surface area (Å²) < 4.78 is 9.37. The summed E-state index contributed by atoms with van der Waals surface area (Å²) >= 11 is 0. The van der Waals surface area contributed by atoms with E-state index in [-0.39, 0.29) is 17.5 Å². The molecule has 4 nitrogen and oxygen atoms in total. The molecule has 5 heteroatoms. The Morgan fingerprint density at radius 2 is 0.952 bits per heavy atom. The highest BCUT2D eigenvalue weighted by Crippen LogP contribution is 2.54. The maximum Gasteiger partial charge on any atom is 0.252 e. The van der Waals surface area contributed by atoms with Gasteiger partial charge in [-0.1, -0.05) is 225 Å². The molecule has 2 aliphatic rings. The number of rotatable bonds is 9. The van der Waals surface area contributed by atoms with Crippen LogP contribution in [0.5, 0.6) is 0 Å². The van der Waals surface area contributed by atoms with E-state index in [4.69, 9.17) is 4.42 Å². The second kappa shape index (κ2) is 19.4. The van der Waals surface area contributed by atoms with Gasteiger partial charge in [0.25, 0.3) is 6.71 Å². The highest BCUT2D eigenvalue weighted by molar-refractivity contribution is 7.00. The van der Waals surface area contributed by atoms with Crippen molar-refractivity contribution in [2.24, 2.45) is 0 Å². The molecule has 0 unspecified atom stereocenters. The van der Waals surface area contributed by atoms with Gasteiger partial charge in [0, 0.05) is 55.7 Å². The fraction of sp³-hybridized carbons (Fsp3) is 0.154. The summed E-state index contributed by atoms with van der Waals surface area (Å²) in [5, 5.41) is 4.77. The minimum absolute atomic E-state index is 0.153. The molecule has 2 aromatic heterocycles. The lowest BCUT2D eigenvalue weighted by Gasteiger charge is -2.46. The number of benzene rings is 11. The Morgan fingerprint density at radius 3 is 1.55 bits per heavy atom. The van der Waals surface area contributed by atoms with Crippen LogP contribution in [0, 0.1) is 0 Å². The minimum atomic E-state index is -0.249. The van der Waals surface area contributed by atoms with Crippen molar-refractivity contribution in [2.45, 2.75) is 78.6 Å². The maximum atomic E-state index is 6.88. The molecule has 0 aliphatic carbocycles. The number of aryl methyl sites for hydroxylation is 1. The van der Waals surface area contributed by atoms with Crippen LogP contribution in [0.4, 0.5) is 34.1 Å². The van der Waals surface area contributed by atoms with Crippen molar-refractivity contribution in [1.82, 2.24) is 4.57 Å². The van der Waals surface area contributed by atoms with Gasteiger partial charge in [0.1, 0.15) is 11.2 Å². The first-order valence-electron chi connectivity index (χ1n) is 29.8. The molecule has 0 amide bonds. The van der Waals surface area contributed by atoms with Crippen LogP contribution in [0.3, 0.4) is 0 Å². The maximum absolute atomic E-state index is 6.88. The molecule has 15 rings (SSSR count). The van der Waals surface area contributed by atoms with Gasteiger partial charge in [-0.2, -0.15) is 0 Å². The molecule has 4 heterocycles. The largest absolute Gasteiger partial charge is 0.456 e. The molecule has 0 fully saturated rings. The molecule has 0 N–H and O–H groups in total. The van der Waals surface area contributed by atoms with Gasteiger partial charge in [-0.3, -0.25) is 0 Å². The fourth-order valence-electron chi connectivity index (χ4n) is 13.7. The topological polar surface area (TPSA) is 24.6 Å². The van der Waals surface area contributed by atoms with Crippen molar-refractivity contribution >= 4 is 101 Å². The molecule has 0 radical (unpaired) electrons. The molecule has 0 atom stereocenters. The van der Waals surface area contributed by atoms with Gasteiger partial charge >= 0.3 is 0 Å². The fourth-order valence-corrected chi connectivity index (χ4v) is 13.7. The molecular weight excluding hydrogens is 1010 g/mol.